The molecule has 0 amide bonds. The molecule has 2 rings (SSSR count). The molecule has 0 saturated carbocycles. The Hall–Kier alpha value is -2.36. The van der Waals surface area contributed by atoms with Crippen LogP contribution >= 0.6 is 0 Å². The van der Waals surface area contributed by atoms with E-state index >= 15 is 0 Å². The Morgan fingerprint density at radius 3 is 2.58 bits per heavy atom. The average molecular weight is 257 g/mol. The molecule has 1 heterocycles. The van der Waals surface area contributed by atoms with Gasteiger partial charge in [-0.1, -0.05) is 30.3 Å². The Labute approximate surface area is 111 Å². The van der Waals surface area contributed by atoms with E-state index in [2.05, 4.69) is 0 Å². The van der Waals surface area contributed by atoms with Gasteiger partial charge in [0.25, 0.3) is 0 Å². The van der Waals surface area contributed by atoms with Crippen molar-refractivity contribution in [3.63, 3.8) is 0 Å². The van der Waals surface area contributed by atoms with Gasteiger partial charge in [-0.15, -0.1) is 0 Å². The first-order valence-corrected chi connectivity index (χ1v) is 6.12. The van der Waals surface area contributed by atoms with Crippen molar-refractivity contribution in [3.05, 3.63) is 59.4 Å². The number of rotatable bonds is 5. The first-order valence-electron chi connectivity index (χ1n) is 6.12. The monoisotopic (exact) mass is 257 g/mol. The van der Waals surface area contributed by atoms with E-state index in [-0.39, 0.29) is 0 Å². The van der Waals surface area contributed by atoms with Gasteiger partial charge in [0.05, 0.1) is 12.3 Å². The zero-order chi connectivity index (χ0) is 13.7. The second kappa shape index (κ2) is 6.00. The standard InChI is InChI=1S/C15H15NO3/c1-2-19-15(18)14-9-8-13(11-17)16(14)10-12-6-4-3-5-7-12/h3-9,11H,2,10H2,1H3. The number of hydrogen-bond donors (Lipinski definition) is 0. The van der Waals surface area contributed by atoms with Crippen LogP contribution in [-0.2, 0) is 11.3 Å². The summed E-state index contributed by atoms with van der Waals surface area (Å²) in [7, 11) is 0. The quantitative estimate of drug-likeness (QED) is 0.611. The van der Waals surface area contributed by atoms with E-state index in [0.29, 0.717) is 24.5 Å². The van der Waals surface area contributed by atoms with E-state index in [0.717, 1.165) is 11.8 Å². The van der Waals surface area contributed by atoms with Crippen LogP contribution in [-0.4, -0.2) is 23.4 Å². The van der Waals surface area contributed by atoms with Crippen molar-refractivity contribution in [1.82, 2.24) is 4.57 Å². The lowest BCUT2D eigenvalue weighted by Gasteiger charge is -2.10. The van der Waals surface area contributed by atoms with E-state index in [1.54, 1.807) is 23.6 Å². The smallest absolute Gasteiger partial charge is 0.354 e. The largest absolute Gasteiger partial charge is 0.461 e. The van der Waals surface area contributed by atoms with Gasteiger partial charge in [0.15, 0.2) is 6.29 Å². The zero-order valence-corrected chi connectivity index (χ0v) is 10.7. The average Bonchev–Trinajstić information content (AvgIpc) is 2.83. The van der Waals surface area contributed by atoms with Crippen LogP contribution in [0.2, 0.25) is 0 Å². The molecule has 4 heteroatoms. The normalized spacial score (nSPS) is 10.2. The summed E-state index contributed by atoms with van der Waals surface area (Å²) in [4.78, 5) is 22.9. The molecule has 0 N–H and O–H groups in total. The summed E-state index contributed by atoms with van der Waals surface area (Å²) >= 11 is 0. The van der Waals surface area contributed by atoms with E-state index in [9.17, 15) is 9.59 Å². The van der Waals surface area contributed by atoms with Crippen LogP contribution in [0.15, 0.2) is 42.5 Å². The van der Waals surface area contributed by atoms with Crippen LogP contribution in [0.25, 0.3) is 0 Å². The van der Waals surface area contributed by atoms with E-state index < -0.39 is 5.97 Å². The summed E-state index contributed by atoms with van der Waals surface area (Å²) in [6, 6.07) is 12.9. The summed E-state index contributed by atoms with van der Waals surface area (Å²) in [5.41, 5.74) is 1.88. The minimum atomic E-state index is -0.411. The van der Waals surface area contributed by atoms with E-state index in [1.165, 1.54) is 0 Å². The molecule has 0 saturated heterocycles. The highest BCUT2D eigenvalue weighted by molar-refractivity contribution is 5.89. The van der Waals surface area contributed by atoms with E-state index in [4.69, 9.17) is 4.74 Å². The molecule has 0 radical (unpaired) electrons. The third-order valence-electron chi connectivity index (χ3n) is 2.80. The second-order valence-electron chi connectivity index (χ2n) is 4.05. The van der Waals surface area contributed by atoms with Crippen molar-refractivity contribution < 1.29 is 14.3 Å². The number of ether oxygens (including phenoxy) is 1. The first-order chi connectivity index (χ1) is 9.26. The molecule has 0 unspecified atom stereocenters. The lowest BCUT2D eigenvalue weighted by atomic mass is 10.2. The molecule has 4 nitrogen and oxygen atoms in total. The molecular formula is C15H15NO3. The van der Waals surface area contributed by atoms with Gasteiger partial charge in [0, 0.05) is 6.54 Å². The number of carbonyl (C=O) groups excluding carboxylic acids is 2. The van der Waals surface area contributed by atoms with Gasteiger partial charge in [-0.2, -0.15) is 0 Å². The number of aldehydes is 1. The predicted molar refractivity (Wildman–Crippen MR) is 71.3 cm³/mol. The minimum Gasteiger partial charge on any atom is -0.461 e. The summed E-state index contributed by atoms with van der Waals surface area (Å²) in [5, 5.41) is 0. The van der Waals surface area contributed by atoms with Gasteiger partial charge in [-0.05, 0) is 24.6 Å². The summed E-state index contributed by atoms with van der Waals surface area (Å²) in [6.07, 6.45) is 0.742. The van der Waals surface area contributed by atoms with Gasteiger partial charge in [-0.25, -0.2) is 4.79 Å². The zero-order valence-electron chi connectivity index (χ0n) is 10.7. The first kappa shape index (κ1) is 13.1. The fourth-order valence-electron chi connectivity index (χ4n) is 1.91. The summed E-state index contributed by atoms with van der Waals surface area (Å²) in [6.45, 7) is 2.53. The third kappa shape index (κ3) is 2.91. The number of nitrogens with zero attached hydrogens (tertiary/aromatic N) is 1. The molecule has 2 aromatic rings. The molecule has 0 atom stereocenters. The molecule has 98 valence electrons. The van der Waals surface area contributed by atoms with Crippen molar-refractivity contribution in [2.45, 2.75) is 13.5 Å². The highest BCUT2D eigenvalue weighted by Crippen LogP contribution is 2.13. The Bertz CT molecular complexity index is 572. The van der Waals surface area contributed by atoms with Crippen molar-refractivity contribution >= 4 is 12.3 Å². The maximum atomic E-state index is 11.8. The Balaban J connectivity index is 2.34. The molecule has 1 aromatic carbocycles. The number of aromatic nitrogens is 1. The number of esters is 1. The van der Waals surface area contributed by atoms with Crippen LogP contribution < -0.4 is 0 Å². The van der Waals surface area contributed by atoms with Crippen molar-refractivity contribution in [3.8, 4) is 0 Å². The lowest BCUT2D eigenvalue weighted by molar-refractivity contribution is 0.0514. The minimum absolute atomic E-state index is 0.311. The molecule has 0 aliphatic heterocycles. The summed E-state index contributed by atoms with van der Waals surface area (Å²) in [5.74, 6) is -0.411. The molecular weight excluding hydrogens is 242 g/mol. The Morgan fingerprint density at radius 1 is 1.21 bits per heavy atom. The topological polar surface area (TPSA) is 48.3 Å². The fraction of sp³-hybridized carbons (Fsp3) is 0.200. The predicted octanol–water partition coefficient (Wildman–Crippen LogP) is 2.53. The maximum Gasteiger partial charge on any atom is 0.354 e. The Kier molecular flexibility index (Phi) is 4.13. The van der Waals surface area contributed by atoms with Crippen LogP contribution in [0, 0.1) is 0 Å². The number of carbonyl (C=O) groups is 2. The van der Waals surface area contributed by atoms with E-state index in [1.807, 2.05) is 30.3 Å². The highest BCUT2D eigenvalue weighted by Gasteiger charge is 2.15. The van der Waals surface area contributed by atoms with Crippen molar-refractivity contribution in [2.24, 2.45) is 0 Å². The van der Waals surface area contributed by atoms with Gasteiger partial charge in [0.1, 0.15) is 5.69 Å². The van der Waals surface area contributed by atoms with Crippen molar-refractivity contribution in [1.29, 1.82) is 0 Å². The highest BCUT2D eigenvalue weighted by atomic mass is 16.5. The third-order valence-corrected chi connectivity index (χ3v) is 2.80. The lowest BCUT2D eigenvalue weighted by Crippen LogP contribution is -2.14. The van der Waals surface area contributed by atoms with Gasteiger partial charge < -0.3 is 9.30 Å². The van der Waals surface area contributed by atoms with Gasteiger partial charge >= 0.3 is 5.97 Å². The molecule has 0 spiro atoms. The number of hydrogen-bond acceptors (Lipinski definition) is 3. The van der Waals surface area contributed by atoms with Crippen molar-refractivity contribution in [2.75, 3.05) is 6.61 Å². The second-order valence-corrected chi connectivity index (χ2v) is 4.05. The Morgan fingerprint density at radius 2 is 1.95 bits per heavy atom. The number of benzene rings is 1. The summed E-state index contributed by atoms with van der Waals surface area (Å²) < 4.78 is 6.66. The fourth-order valence-corrected chi connectivity index (χ4v) is 1.91. The molecule has 1 aromatic heterocycles. The molecule has 0 aliphatic rings. The molecule has 0 aliphatic carbocycles. The van der Waals surface area contributed by atoms with Gasteiger partial charge in [0.2, 0.25) is 0 Å². The van der Waals surface area contributed by atoms with Crippen LogP contribution in [0.1, 0.15) is 33.5 Å². The molecule has 0 fully saturated rings. The maximum absolute atomic E-state index is 11.8. The van der Waals surface area contributed by atoms with Crippen LogP contribution in [0.3, 0.4) is 0 Å². The molecule has 0 bridgehead atoms. The molecule has 19 heavy (non-hydrogen) atoms. The SMILES string of the molecule is CCOC(=O)c1ccc(C=O)n1Cc1ccccc1. The van der Waals surface area contributed by atoms with Gasteiger partial charge in [-0.3, -0.25) is 4.79 Å². The van der Waals surface area contributed by atoms with Crippen LogP contribution in [0.5, 0.6) is 0 Å². The van der Waals surface area contributed by atoms with Crippen LogP contribution in [0.4, 0.5) is 0 Å².